The smallest absolute Gasteiger partial charge is 0.0129 e. The van der Waals surface area contributed by atoms with Crippen molar-refractivity contribution in [1.82, 2.24) is 15.1 Å². The summed E-state index contributed by atoms with van der Waals surface area (Å²) < 4.78 is 0. The molecule has 3 aliphatic rings. The van der Waals surface area contributed by atoms with Gasteiger partial charge in [-0.1, -0.05) is 20.8 Å². The van der Waals surface area contributed by atoms with E-state index in [1.807, 2.05) is 0 Å². The van der Waals surface area contributed by atoms with Crippen LogP contribution < -0.4 is 5.32 Å². The number of nitrogens with zero attached hydrogens (tertiary/aromatic N) is 2. The summed E-state index contributed by atoms with van der Waals surface area (Å²) in [6.07, 6.45) is 6.95. The van der Waals surface area contributed by atoms with Crippen molar-refractivity contribution < 1.29 is 0 Å². The number of rotatable bonds is 5. The fraction of sp³-hybridized carbons (Fsp3) is 1.00. The average molecular weight is 308 g/mol. The fourth-order valence-corrected chi connectivity index (χ4v) is 5.41. The lowest BCUT2D eigenvalue weighted by Gasteiger charge is -2.39. The Morgan fingerprint density at radius 1 is 1.09 bits per heavy atom. The van der Waals surface area contributed by atoms with E-state index in [-0.39, 0.29) is 0 Å². The van der Waals surface area contributed by atoms with Gasteiger partial charge in [0.25, 0.3) is 0 Å². The van der Waals surface area contributed by atoms with Gasteiger partial charge in [-0.15, -0.1) is 0 Å². The molecule has 3 nitrogen and oxygen atoms in total. The summed E-state index contributed by atoms with van der Waals surface area (Å²) in [6, 6.07) is 0.761. The van der Waals surface area contributed by atoms with E-state index in [0.717, 1.165) is 12.0 Å². The summed E-state index contributed by atoms with van der Waals surface area (Å²) in [5.41, 5.74) is 1.07. The predicted molar refractivity (Wildman–Crippen MR) is 94.2 cm³/mol. The quantitative estimate of drug-likeness (QED) is 0.788. The largest absolute Gasteiger partial charge is 0.313 e. The third kappa shape index (κ3) is 2.97. The molecular weight excluding hydrogens is 270 g/mol. The second-order valence-electron chi connectivity index (χ2n) is 8.97. The van der Waals surface area contributed by atoms with E-state index in [2.05, 4.69) is 42.9 Å². The number of likely N-dealkylation sites (N-methyl/N-ethyl adjacent to an activating group) is 1. The first-order chi connectivity index (χ1) is 10.4. The van der Waals surface area contributed by atoms with Crippen molar-refractivity contribution in [3.05, 3.63) is 0 Å². The zero-order valence-electron chi connectivity index (χ0n) is 15.3. The molecule has 0 aromatic rings. The highest BCUT2D eigenvalue weighted by Gasteiger charge is 2.60. The van der Waals surface area contributed by atoms with Gasteiger partial charge in [-0.2, -0.15) is 0 Å². The minimum atomic E-state index is 0.531. The number of hydrogen-bond donors (Lipinski definition) is 1. The highest BCUT2D eigenvalue weighted by atomic mass is 15.2. The van der Waals surface area contributed by atoms with Crippen molar-refractivity contribution in [2.24, 2.45) is 16.7 Å². The maximum Gasteiger partial charge on any atom is 0.0129 e. The van der Waals surface area contributed by atoms with Gasteiger partial charge in [0.2, 0.25) is 0 Å². The summed E-state index contributed by atoms with van der Waals surface area (Å²) in [5.74, 6) is 0.955. The molecule has 128 valence electrons. The van der Waals surface area contributed by atoms with Crippen molar-refractivity contribution in [3.8, 4) is 0 Å². The van der Waals surface area contributed by atoms with Crippen molar-refractivity contribution in [2.75, 3.05) is 46.3 Å². The van der Waals surface area contributed by atoms with Crippen molar-refractivity contribution >= 4 is 0 Å². The fourth-order valence-electron chi connectivity index (χ4n) is 5.41. The Bertz CT molecular complexity index is 381. The molecule has 0 aromatic carbocycles. The van der Waals surface area contributed by atoms with Crippen LogP contribution in [0.15, 0.2) is 0 Å². The number of hydrogen-bond acceptors (Lipinski definition) is 3. The molecule has 1 saturated heterocycles. The first-order valence-corrected chi connectivity index (χ1v) is 9.58. The first-order valence-electron chi connectivity index (χ1n) is 9.58. The van der Waals surface area contributed by atoms with Gasteiger partial charge in [0.05, 0.1) is 0 Å². The lowest BCUT2D eigenvalue weighted by Crippen LogP contribution is -2.45. The molecular formula is C19H37N3. The summed E-state index contributed by atoms with van der Waals surface area (Å²) in [5, 5.41) is 3.94. The number of nitrogens with one attached hydrogen (secondary N) is 1. The molecule has 2 bridgehead atoms. The maximum atomic E-state index is 3.94. The Labute approximate surface area is 137 Å². The highest BCUT2D eigenvalue weighted by molar-refractivity contribution is 5.12. The van der Waals surface area contributed by atoms with E-state index in [9.17, 15) is 0 Å². The summed E-state index contributed by atoms with van der Waals surface area (Å²) in [4.78, 5) is 5.13. The molecule has 3 rings (SSSR count). The van der Waals surface area contributed by atoms with Crippen LogP contribution in [0.5, 0.6) is 0 Å². The molecule has 1 heterocycles. The Hall–Kier alpha value is -0.120. The molecule has 2 saturated carbocycles. The molecule has 0 aromatic heterocycles. The van der Waals surface area contributed by atoms with E-state index in [1.165, 1.54) is 71.4 Å². The molecule has 1 aliphatic heterocycles. The van der Waals surface area contributed by atoms with Crippen LogP contribution in [0.25, 0.3) is 0 Å². The summed E-state index contributed by atoms with van der Waals surface area (Å²) in [7, 11) is 2.25. The van der Waals surface area contributed by atoms with Crippen LogP contribution >= 0.6 is 0 Å². The molecule has 0 radical (unpaired) electrons. The van der Waals surface area contributed by atoms with Gasteiger partial charge < -0.3 is 15.1 Å². The first kappa shape index (κ1) is 16.7. The Morgan fingerprint density at radius 3 is 2.59 bits per heavy atom. The van der Waals surface area contributed by atoms with Gasteiger partial charge in [0.15, 0.2) is 0 Å². The molecule has 3 fully saturated rings. The van der Waals surface area contributed by atoms with Gasteiger partial charge in [-0.25, -0.2) is 0 Å². The lowest BCUT2D eigenvalue weighted by atomic mass is 9.69. The molecule has 0 spiro atoms. The summed E-state index contributed by atoms with van der Waals surface area (Å²) in [6.45, 7) is 15.1. The molecule has 2 aliphatic carbocycles. The summed E-state index contributed by atoms with van der Waals surface area (Å²) >= 11 is 0. The minimum absolute atomic E-state index is 0.531. The second kappa shape index (κ2) is 6.41. The Balaban J connectivity index is 1.39. The standard InChI is InChI=1S/C19H37N3/c1-18(2)16-7-8-19(18,3)17(15-16)20-9-5-11-22-12-6-10-21(4)13-14-22/h16-17,20H,5-15H2,1-4H3/t16?,17?,19-/m0/s1. The minimum Gasteiger partial charge on any atom is -0.313 e. The molecule has 3 atom stereocenters. The molecule has 1 N–H and O–H groups in total. The topological polar surface area (TPSA) is 18.5 Å². The number of fused-ring (bicyclic) bond motifs is 2. The molecule has 3 heteroatoms. The molecule has 0 amide bonds. The normalized spacial score (nSPS) is 39.3. The van der Waals surface area contributed by atoms with Crippen molar-refractivity contribution in [1.29, 1.82) is 0 Å². The van der Waals surface area contributed by atoms with E-state index in [1.54, 1.807) is 0 Å². The van der Waals surface area contributed by atoms with E-state index in [0.29, 0.717) is 10.8 Å². The average Bonchev–Trinajstić information content (AvgIpc) is 2.70. The zero-order chi connectivity index (χ0) is 15.8. The second-order valence-corrected chi connectivity index (χ2v) is 8.97. The van der Waals surface area contributed by atoms with E-state index < -0.39 is 0 Å². The van der Waals surface area contributed by atoms with Crippen LogP contribution in [-0.4, -0.2) is 62.2 Å². The van der Waals surface area contributed by atoms with Gasteiger partial charge >= 0.3 is 0 Å². The third-order valence-corrected chi connectivity index (χ3v) is 7.65. The van der Waals surface area contributed by atoms with Crippen LogP contribution in [-0.2, 0) is 0 Å². The lowest BCUT2D eigenvalue weighted by molar-refractivity contribution is 0.120. The van der Waals surface area contributed by atoms with Crippen LogP contribution in [0.1, 0.15) is 52.9 Å². The van der Waals surface area contributed by atoms with Crippen LogP contribution in [0, 0.1) is 16.7 Å². The van der Waals surface area contributed by atoms with Crippen LogP contribution in [0.2, 0.25) is 0 Å². The molecule has 2 unspecified atom stereocenters. The third-order valence-electron chi connectivity index (χ3n) is 7.65. The molecule has 22 heavy (non-hydrogen) atoms. The Morgan fingerprint density at radius 2 is 1.91 bits per heavy atom. The van der Waals surface area contributed by atoms with Crippen molar-refractivity contribution in [2.45, 2.75) is 58.9 Å². The van der Waals surface area contributed by atoms with Gasteiger partial charge in [0.1, 0.15) is 0 Å². The van der Waals surface area contributed by atoms with Crippen LogP contribution in [0.3, 0.4) is 0 Å². The maximum absolute atomic E-state index is 3.94. The predicted octanol–water partition coefficient (Wildman–Crippen LogP) is 2.82. The van der Waals surface area contributed by atoms with Crippen molar-refractivity contribution in [3.63, 3.8) is 0 Å². The zero-order valence-corrected chi connectivity index (χ0v) is 15.3. The van der Waals surface area contributed by atoms with E-state index >= 15 is 0 Å². The highest BCUT2D eigenvalue weighted by Crippen LogP contribution is 2.65. The van der Waals surface area contributed by atoms with Gasteiger partial charge in [0, 0.05) is 19.1 Å². The van der Waals surface area contributed by atoms with Gasteiger partial charge in [-0.05, 0) is 82.1 Å². The van der Waals surface area contributed by atoms with E-state index in [4.69, 9.17) is 0 Å². The van der Waals surface area contributed by atoms with Gasteiger partial charge in [-0.3, -0.25) is 0 Å². The van der Waals surface area contributed by atoms with Crippen LogP contribution in [0.4, 0.5) is 0 Å². The monoisotopic (exact) mass is 307 g/mol. The SMILES string of the molecule is CN1CCCN(CCCNC2CC3CC[C@]2(C)C3(C)C)CC1. The Kier molecular flexibility index (Phi) is 4.87.